The van der Waals surface area contributed by atoms with Gasteiger partial charge in [0.25, 0.3) is 0 Å². The van der Waals surface area contributed by atoms with Crippen LogP contribution in [0.25, 0.3) is 89.0 Å². The second-order valence-corrected chi connectivity index (χ2v) is 11.1. The fraction of sp³-hybridized carbons (Fsp3) is 0. The first-order valence-electron chi connectivity index (χ1n) is 14.9. The lowest BCUT2D eigenvalue weighted by Crippen LogP contribution is -2.00. The highest BCUT2D eigenvalue weighted by Gasteiger charge is 2.18. The third kappa shape index (κ3) is 4.33. The van der Waals surface area contributed by atoms with Crippen LogP contribution >= 0.6 is 0 Å². The van der Waals surface area contributed by atoms with Crippen LogP contribution in [0.15, 0.2) is 150 Å². The van der Waals surface area contributed by atoms with E-state index in [1.807, 2.05) is 72.8 Å². The Labute approximate surface area is 258 Å². The lowest BCUT2D eigenvalue weighted by Gasteiger charge is -2.09. The number of benzene rings is 6. The number of pyridine rings is 1. The van der Waals surface area contributed by atoms with Gasteiger partial charge < -0.3 is 4.42 Å². The molecule has 5 nitrogen and oxygen atoms in total. The van der Waals surface area contributed by atoms with Crippen molar-refractivity contribution < 1.29 is 4.42 Å². The van der Waals surface area contributed by atoms with Crippen molar-refractivity contribution >= 4 is 43.6 Å². The summed E-state index contributed by atoms with van der Waals surface area (Å²) in [4.78, 5) is 19.9. The van der Waals surface area contributed by atoms with E-state index in [1.165, 1.54) is 5.39 Å². The number of furan rings is 1. The van der Waals surface area contributed by atoms with Crippen LogP contribution < -0.4 is 0 Å². The van der Waals surface area contributed by atoms with Crippen LogP contribution in [0.3, 0.4) is 0 Å². The SMILES string of the molecule is c1ccc(-c2nc(-c3ccccc3)nc(-c3cccc4oc5cc(-c6ccc7ccc8ccccc8c7n6)ccc5c34)n2)cc1. The van der Waals surface area contributed by atoms with Crippen molar-refractivity contribution in [2.45, 2.75) is 0 Å². The molecule has 0 unspecified atom stereocenters. The zero-order valence-corrected chi connectivity index (χ0v) is 24.1. The Bertz CT molecular complexity index is 2480. The molecule has 6 aromatic carbocycles. The Morgan fingerprint density at radius 3 is 1.84 bits per heavy atom. The van der Waals surface area contributed by atoms with E-state index in [2.05, 4.69) is 72.8 Å². The summed E-state index contributed by atoms with van der Waals surface area (Å²) in [6.45, 7) is 0. The summed E-state index contributed by atoms with van der Waals surface area (Å²) < 4.78 is 6.47. The molecule has 0 saturated carbocycles. The van der Waals surface area contributed by atoms with E-state index in [4.69, 9.17) is 24.4 Å². The zero-order valence-electron chi connectivity index (χ0n) is 24.1. The van der Waals surface area contributed by atoms with E-state index in [1.54, 1.807) is 0 Å². The van der Waals surface area contributed by atoms with Crippen molar-refractivity contribution in [2.24, 2.45) is 0 Å². The summed E-state index contributed by atoms with van der Waals surface area (Å²) in [5.74, 6) is 1.85. The Balaban J connectivity index is 1.21. The van der Waals surface area contributed by atoms with Crippen molar-refractivity contribution in [3.05, 3.63) is 146 Å². The summed E-state index contributed by atoms with van der Waals surface area (Å²) in [5.41, 5.74) is 7.22. The van der Waals surface area contributed by atoms with Crippen LogP contribution in [0.4, 0.5) is 0 Å². The van der Waals surface area contributed by atoms with Crippen LogP contribution in [0.5, 0.6) is 0 Å². The lowest BCUT2D eigenvalue weighted by molar-refractivity contribution is 0.669. The maximum atomic E-state index is 6.47. The van der Waals surface area contributed by atoms with E-state index in [-0.39, 0.29) is 0 Å². The van der Waals surface area contributed by atoms with Crippen molar-refractivity contribution in [2.75, 3.05) is 0 Å². The first-order chi connectivity index (χ1) is 22.3. The van der Waals surface area contributed by atoms with Gasteiger partial charge in [0.2, 0.25) is 0 Å². The lowest BCUT2D eigenvalue weighted by atomic mass is 10.0. The maximum Gasteiger partial charge on any atom is 0.164 e. The number of hydrogen-bond donors (Lipinski definition) is 0. The quantitative estimate of drug-likeness (QED) is 0.195. The van der Waals surface area contributed by atoms with E-state index < -0.39 is 0 Å². The molecule has 45 heavy (non-hydrogen) atoms. The van der Waals surface area contributed by atoms with Gasteiger partial charge in [-0.05, 0) is 29.7 Å². The van der Waals surface area contributed by atoms with Gasteiger partial charge >= 0.3 is 0 Å². The van der Waals surface area contributed by atoms with Gasteiger partial charge in [0.15, 0.2) is 17.5 Å². The third-order valence-corrected chi connectivity index (χ3v) is 8.32. The molecule has 210 valence electrons. The first kappa shape index (κ1) is 25.3. The molecular weight excluding hydrogens is 552 g/mol. The molecule has 5 heteroatoms. The molecule has 0 saturated heterocycles. The standard InChI is InChI=1S/C40H24N4O/c1-3-11-27(12-4-1)38-42-39(28-13-5-2-6-14-28)44-40(43-38)32-16-9-17-34-36(32)31-22-20-29(24-35(31)45-34)33-23-21-26-19-18-25-10-7-8-15-30(25)37(26)41-33/h1-24H. The zero-order chi connectivity index (χ0) is 29.7. The van der Waals surface area contributed by atoms with Crippen molar-refractivity contribution in [3.63, 3.8) is 0 Å². The molecule has 0 aliphatic carbocycles. The van der Waals surface area contributed by atoms with Crippen molar-refractivity contribution in [1.82, 2.24) is 19.9 Å². The molecule has 0 atom stereocenters. The number of aromatic nitrogens is 4. The highest BCUT2D eigenvalue weighted by Crippen LogP contribution is 2.38. The Morgan fingerprint density at radius 1 is 0.400 bits per heavy atom. The van der Waals surface area contributed by atoms with E-state index in [9.17, 15) is 0 Å². The molecule has 3 heterocycles. The van der Waals surface area contributed by atoms with Crippen LogP contribution in [0.2, 0.25) is 0 Å². The fourth-order valence-electron chi connectivity index (χ4n) is 6.12. The van der Waals surface area contributed by atoms with Gasteiger partial charge in [-0.1, -0.05) is 121 Å². The molecule has 0 N–H and O–H groups in total. The van der Waals surface area contributed by atoms with Gasteiger partial charge in [-0.2, -0.15) is 0 Å². The van der Waals surface area contributed by atoms with Crippen molar-refractivity contribution in [3.8, 4) is 45.4 Å². The topological polar surface area (TPSA) is 64.7 Å². The highest BCUT2D eigenvalue weighted by molar-refractivity contribution is 6.12. The second-order valence-electron chi connectivity index (χ2n) is 11.1. The minimum atomic E-state index is 0.600. The maximum absolute atomic E-state index is 6.47. The van der Waals surface area contributed by atoms with Crippen molar-refractivity contribution in [1.29, 1.82) is 0 Å². The Kier molecular flexibility index (Phi) is 5.74. The largest absolute Gasteiger partial charge is 0.456 e. The van der Waals surface area contributed by atoms with Gasteiger partial charge in [-0.25, -0.2) is 19.9 Å². The average molecular weight is 577 g/mol. The monoisotopic (exact) mass is 576 g/mol. The van der Waals surface area contributed by atoms with Crippen LogP contribution in [-0.4, -0.2) is 19.9 Å². The van der Waals surface area contributed by atoms with Crippen LogP contribution in [-0.2, 0) is 0 Å². The van der Waals surface area contributed by atoms with Gasteiger partial charge in [0, 0.05) is 43.8 Å². The summed E-state index contributed by atoms with van der Waals surface area (Å²) in [6, 6.07) is 49.3. The molecule has 0 aliphatic rings. The minimum absolute atomic E-state index is 0.600. The van der Waals surface area contributed by atoms with Gasteiger partial charge in [-0.15, -0.1) is 0 Å². The van der Waals surface area contributed by atoms with Gasteiger partial charge in [0.1, 0.15) is 11.2 Å². The molecular formula is C40H24N4O. The van der Waals surface area contributed by atoms with Gasteiger partial charge in [-0.3, -0.25) is 0 Å². The average Bonchev–Trinajstić information content (AvgIpc) is 3.50. The number of hydrogen-bond acceptors (Lipinski definition) is 5. The normalized spacial score (nSPS) is 11.6. The summed E-state index contributed by atoms with van der Waals surface area (Å²) in [7, 11) is 0. The molecule has 0 fully saturated rings. The van der Waals surface area contributed by atoms with Crippen LogP contribution in [0.1, 0.15) is 0 Å². The minimum Gasteiger partial charge on any atom is -0.456 e. The van der Waals surface area contributed by atoms with Gasteiger partial charge in [0.05, 0.1) is 11.2 Å². The molecule has 0 radical (unpaired) electrons. The highest BCUT2D eigenvalue weighted by atomic mass is 16.3. The smallest absolute Gasteiger partial charge is 0.164 e. The number of rotatable bonds is 4. The molecule has 9 rings (SSSR count). The predicted octanol–water partition coefficient (Wildman–Crippen LogP) is 10.1. The molecule has 0 bridgehead atoms. The Hall–Kier alpha value is -6.20. The molecule has 0 spiro atoms. The van der Waals surface area contributed by atoms with Crippen LogP contribution in [0, 0.1) is 0 Å². The summed E-state index contributed by atoms with van der Waals surface area (Å²) in [5, 5.41) is 5.42. The fourth-order valence-corrected chi connectivity index (χ4v) is 6.12. The third-order valence-electron chi connectivity index (χ3n) is 8.32. The molecule has 9 aromatic rings. The second kappa shape index (κ2) is 10.2. The molecule has 3 aromatic heterocycles. The summed E-state index contributed by atoms with van der Waals surface area (Å²) in [6.07, 6.45) is 0. The van der Waals surface area contributed by atoms with E-state index in [0.29, 0.717) is 17.5 Å². The number of fused-ring (bicyclic) bond motifs is 6. The van der Waals surface area contributed by atoms with E-state index >= 15 is 0 Å². The Morgan fingerprint density at radius 2 is 1.07 bits per heavy atom. The summed E-state index contributed by atoms with van der Waals surface area (Å²) >= 11 is 0. The molecule has 0 aliphatic heterocycles. The first-order valence-corrected chi connectivity index (χ1v) is 14.9. The predicted molar refractivity (Wildman–Crippen MR) is 182 cm³/mol. The molecule has 0 amide bonds. The van der Waals surface area contributed by atoms with E-state index in [0.717, 1.165) is 66.2 Å². The number of nitrogens with zero attached hydrogens (tertiary/aromatic N) is 4.